The first kappa shape index (κ1) is 13.7. The molecule has 0 spiro atoms. The number of aromatic hydroxyl groups is 1. The van der Waals surface area contributed by atoms with Gasteiger partial charge in [-0.1, -0.05) is 30.3 Å². The molecule has 1 N–H and O–H groups in total. The lowest BCUT2D eigenvalue weighted by Gasteiger charge is -2.01. The first-order chi connectivity index (χ1) is 9.58. The average molecular weight is 270 g/mol. The molecule has 2 rings (SSSR count). The predicted octanol–water partition coefficient (Wildman–Crippen LogP) is 2.50. The number of hydrogen-bond acceptors (Lipinski definition) is 5. The lowest BCUT2D eigenvalue weighted by molar-refractivity contribution is 0.432. The lowest BCUT2D eigenvalue weighted by Crippen LogP contribution is -2.12. The molecule has 0 bridgehead atoms. The van der Waals surface area contributed by atoms with Gasteiger partial charge in [-0.05, 0) is 19.4 Å². The maximum absolute atomic E-state index is 11.7. The summed E-state index contributed by atoms with van der Waals surface area (Å²) in [5.41, 5.74) is 0.590. The van der Waals surface area contributed by atoms with E-state index < -0.39 is 5.63 Å². The third kappa shape index (κ3) is 3.20. The van der Waals surface area contributed by atoms with E-state index in [9.17, 15) is 9.90 Å². The van der Waals surface area contributed by atoms with Crippen LogP contribution in [0.25, 0.3) is 0 Å². The zero-order chi connectivity index (χ0) is 14.5. The van der Waals surface area contributed by atoms with Crippen molar-refractivity contribution in [3.8, 4) is 5.75 Å². The Hall–Kier alpha value is -2.69. The highest BCUT2D eigenvalue weighted by molar-refractivity contribution is 6.00. The van der Waals surface area contributed by atoms with Crippen LogP contribution in [0, 0.1) is 6.92 Å². The Labute approximate surface area is 115 Å². The Morgan fingerprint density at radius 2 is 2.00 bits per heavy atom. The van der Waals surface area contributed by atoms with Crippen LogP contribution in [-0.2, 0) is 0 Å². The standard InChI is InChI=1S/C15H14N2O3/c1-10-8-13(18)14(15(19)20-10)11(2)17-16-9-12-6-4-3-5-7-12/h3-9,18H,1-2H3/b16-9+,17-11-. The number of benzene rings is 1. The molecule has 0 aliphatic heterocycles. The smallest absolute Gasteiger partial charge is 0.348 e. The topological polar surface area (TPSA) is 75.2 Å². The molecule has 5 heteroatoms. The normalized spacial score (nSPS) is 12.0. The molecule has 0 fully saturated rings. The van der Waals surface area contributed by atoms with E-state index in [0.29, 0.717) is 11.5 Å². The van der Waals surface area contributed by atoms with Crippen molar-refractivity contribution in [2.75, 3.05) is 0 Å². The minimum absolute atomic E-state index is 0.0285. The SMILES string of the molecule is C/C(=N/N=C/c1ccccc1)c1c(O)cc(C)oc1=O. The van der Waals surface area contributed by atoms with E-state index in [4.69, 9.17) is 4.42 Å². The molecule has 1 heterocycles. The van der Waals surface area contributed by atoms with Crippen LogP contribution in [0.1, 0.15) is 23.8 Å². The van der Waals surface area contributed by atoms with Crippen LogP contribution in [0.15, 0.2) is 55.8 Å². The molecular formula is C15H14N2O3. The molecule has 102 valence electrons. The Bertz CT molecular complexity index is 716. The van der Waals surface area contributed by atoms with Crippen LogP contribution in [-0.4, -0.2) is 17.0 Å². The Morgan fingerprint density at radius 1 is 1.30 bits per heavy atom. The summed E-state index contributed by atoms with van der Waals surface area (Å²) < 4.78 is 4.93. The average Bonchev–Trinajstić information content (AvgIpc) is 2.38. The van der Waals surface area contributed by atoms with Crippen molar-refractivity contribution in [3.63, 3.8) is 0 Å². The van der Waals surface area contributed by atoms with Gasteiger partial charge in [0, 0.05) is 6.07 Å². The quantitative estimate of drug-likeness (QED) is 0.687. The third-order valence-corrected chi connectivity index (χ3v) is 2.63. The number of hydrogen-bond donors (Lipinski definition) is 1. The van der Waals surface area contributed by atoms with Gasteiger partial charge in [-0.25, -0.2) is 4.79 Å². The highest BCUT2D eigenvalue weighted by Gasteiger charge is 2.12. The molecule has 1 aromatic carbocycles. The zero-order valence-corrected chi connectivity index (χ0v) is 11.2. The van der Waals surface area contributed by atoms with Crippen LogP contribution >= 0.6 is 0 Å². The van der Waals surface area contributed by atoms with E-state index in [1.807, 2.05) is 30.3 Å². The summed E-state index contributed by atoms with van der Waals surface area (Å²) in [6, 6.07) is 10.8. The van der Waals surface area contributed by atoms with Gasteiger partial charge in [0.15, 0.2) is 0 Å². The molecule has 0 saturated heterocycles. The van der Waals surface area contributed by atoms with E-state index in [0.717, 1.165) is 5.56 Å². The van der Waals surface area contributed by atoms with Gasteiger partial charge in [-0.3, -0.25) is 0 Å². The molecule has 1 aromatic heterocycles. The number of aryl methyl sites for hydroxylation is 1. The van der Waals surface area contributed by atoms with Crippen LogP contribution in [0.5, 0.6) is 5.75 Å². The summed E-state index contributed by atoms with van der Waals surface area (Å²) in [5.74, 6) is 0.187. The van der Waals surface area contributed by atoms with Crippen LogP contribution in [0.2, 0.25) is 0 Å². The monoisotopic (exact) mass is 270 g/mol. The summed E-state index contributed by atoms with van der Waals surface area (Å²) in [6.07, 6.45) is 1.57. The van der Waals surface area contributed by atoms with Gasteiger partial charge in [-0.15, -0.1) is 0 Å². The van der Waals surface area contributed by atoms with Gasteiger partial charge in [0.2, 0.25) is 0 Å². The van der Waals surface area contributed by atoms with Crippen LogP contribution in [0.3, 0.4) is 0 Å². The van der Waals surface area contributed by atoms with Gasteiger partial charge in [0.05, 0.1) is 11.9 Å². The van der Waals surface area contributed by atoms with E-state index in [-0.39, 0.29) is 11.3 Å². The van der Waals surface area contributed by atoms with Gasteiger partial charge in [-0.2, -0.15) is 10.2 Å². The number of nitrogens with zero attached hydrogens (tertiary/aromatic N) is 2. The maximum Gasteiger partial charge on any atom is 0.348 e. The van der Waals surface area contributed by atoms with E-state index in [2.05, 4.69) is 10.2 Å². The molecular weight excluding hydrogens is 256 g/mol. The molecule has 0 unspecified atom stereocenters. The van der Waals surface area contributed by atoms with Crippen molar-refractivity contribution >= 4 is 11.9 Å². The summed E-state index contributed by atoms with van der Waals surface area (Å²) in [7, 11) is 0. The highest BCUT2D eigenvalue weighted by atomic mass is 16.4. The molecule has 5 nitrogen and oxygen atoms in total. The van der Waals surface area contributed by atoms with E-state index >= 15 is 0 Å². The fourth-order valence-corrected chi connectivity index (χ4v) is 1.70. The van der Waals surface area contributed by atoms with Gasteiger partial charge >= 0.3 is 5.63 Å². The van der Waals surface area contributed by atoms with Crippen LogP contribution in [0.4, 0.5) is 0 Å². The zero-order valence-electron chi connectivity index (χ0n) is 11.2. The van der Waals surface area contributed by atoms with Gasteiger partial charge < -0.3 is 9.52 Å². The van der Waals surface area contributed by atoms with E-state index in [1.165, 1.54) is 6.07 Å². The third-order valence-electron chi connectivity index (χ3n) is 2.63. The summed E-state index contributed by atoms with van der Waals surface area (Å²) >= 11 is 0. The number of rotatable bonds is 3. The van der Waals surface area contributed by atoms with E-state index in [1.54, 1.807) is 20.1 Å². The molecule has 0 amide bonds. The molecule has 20 heavy (non-hydrogen) atoms. The van der Waals surface area contributed by atoms with Gasteiger partial charge in [0.1, 0.15) is 17.1 Å². The molecule has 0 aliphatic carbocycles. The van der Waals surface area contributed by atoms with Crippen molar-refractivity contribution in [3.05, 3.63) is 63.7 Å². The van der Waals surface area contributed by atoms with Crippen LogP contribution < -0.4 is 5.63 Å². The predicted molar refractivity (Wildman–Crippen MR) is 77.6 cm³/mol. The molecule has 0 aliphatic rings. The van der Waals surface area contributed by atoms with Crippen molar-refractivity contribution in [1.82, 2.24) is 0 Å². The van der Waals surface area contributed by atoms with Crippen molar-refractivity contribution < 1.29 is 9.52 Å². The highest BCUT2D eigenvalue weighted by Crippen LogP contribution is 2.15. The Morgan fingerprint density at radius 3 is 2.65 bits per heavy atom. The second-order valence-corrected chi connectivity index (χ2v) is 4.25. The van der Waals surface area contributed by atoms with Crippen molar-refractivity contribution in [2.24, 2.45) is 10.2 Å². The molecule has 2 aromatic rings. The largest absolute Gasteiger partial charge is 0.507 e. The summed E-state index contributed by atoms with van der Waals surface area (Å²) in [5, 5.41) is 17.6. The molecule has 0 radical (unpaired) electrons. The first-order valence-corrected chi connectivity index (χ1v) is 6.04. The molecule has 0 atom stereocenters. The minimum atomic E-state index is -0.626. The second-order valence-electron chi connectivity index (χ2n) is 4.25. The Balaban J connectivity index is 2.28. The summed E-state index contributed by atoms with van der Waals surface area (Å²) in [6.45, 7) is 3.18. The van der Waals surface area contributed by atoms with Crippen molar-refractivity contribution in [2.45, 2.75) is 13.8 Å². The van der Waals surface area contributed by atoms with Crippen molar-refractivity contribution in [1.29, 1.82) is 0 Å². The Kier molecular flexibility index (Phi) is 4.10. The maximum atomic E-state index is 11.7. The minimum Gasteiger partial charge on any atom is -0.507 e. The fraction of sp³-hybridized carbons (Fsp3) is 0.133. The first-order valence-electron chi connectivity index (χ1n) is 6.04. The second kappa shape index (κ2) is 5.97. The lowest BCUT2D eigenvalue weighted by atomic mass is 10.2. The molecule has 0 saturated carbocycles. The summed E-state index contributed by atoms with van der Waals surface area (Å²) in [4.78, 5) is 11.7. The fourth-order valence-electron chi connectivity index (χ4n) is 1.70. The van der Waals surface area contributed by atoms with Gasteiger partial charge in [0.25, 0.3) is 0 Å².